The van der Waals surface area contributed by atoms with Crippen molar-refractivity contribution in [3.05, 3.63) is 46.8 Å². The Morgan fingerprint density at radius 1 is 1.38 bits per heavy atom. The number of rotatable bonds is 7. The van der Waals surface area contributed by atoms with Crippen molar-refractivity contribution in [2.75, 3.05) is 12.9 Å². The number of thioether (sulfide) groups is 2. The quantitative estimate of drug-likeness (QED) is 0.308. The number of alkyl halides is 2. The van der Waals surface area contributed by atoms with E-state index in [1.165, 1.54) is 29.6 Å². The van der Waals surface area contributed by atoms with Gasteiger partial charge in [-0.15, -0.1) is 5.10 Å². The number of hydrogen-bond donors (Lipinski definition) is 1. The molecule has 0 aliphatic carbocycles. The van der Waals surface area contributed by atoms with Crippen molar-refractivity contribution in [3.8, 4) is 5.75 Å². The number of ether oxygens (including phenoxy) is 1. The molecule has 0 spiro atoms. The molecule has 0 unspecified atom stereocenters. The summed E-state index contributed by atoms with van der Waals surface area (Å²) in [6.45, 7) is 1.65. The number of amides is 1. The Bertz CT molecular complexity index is 969. The smallest absolute Gasteiger partial charge is 0.280 e. The highest BCUT2D eigenvalue weighted by atomic mass is 32.2. The van der Waals surface area contributed by atoms with Gasteiger partial charge in [0, 0.05) is 17.0 Å². The van der Waals surface area contributed by atoms with Crippen LogP contribution in [0.15, 0.2) is 39.6 Å². The maximum Gasteiger partial charge on any atom is 0.280 e. The maximum absolute atomic E-state index is 12.9. The number of aryl methyl sites for hydroxylation is 1. The fourth-order valence-electron chi connectivity index (χ4n) is 2.40. The average Bonchev–Trinajstić information content (AvgIpc) is 3.11. The van der Waals surface area contributed by atoms with Crippen LogP contribution >= 0.6 is 23.5 Å². The molecule has 1 amide bonds. The van der Waals surface area contributed by atoms with Crippen LogP contribution in [0.3, 0.4) is 0 Å². The summed E-state index contributed by atoms with van der Waals surface area (Å²) in [5.41, 5.74) is 1.81. The lowest BCUT2D eigenvalue weighted by Gasteiger charge is -2.09. The third kappa shape index (κ3) is 5.97. The topological polar surface area (TPSA) is 88.8 Å². The molecule has 3 rings (SSSR count). The number of halogens is 2. The Labute approximate surface area is 174 Å². The summed E-state index contributed by atoms with van der Waals surface area (Å²) in [7, 11) is 1.56. The van der Waals surface area contributed by atoms with Gasteiger partial charge in [-0.3, -0.25) is 4.79 Å². The Hall–Kier alpha value is -2.53. The molecule has 1 N–H and O–H groups in total. The molecule has 0 bridgehead atoms. The normalized spacial score (nSPS) is 15.5. The Balaban J connectivity index is 1.73. The fourth-order valence-corrected chi connectivity index (χ4v) is 3.92. The summed E-state index contributed by atoms with van der Waals surface area (Å²) in [4.78, 5) is 19.2. The number of nitrogens with zero attached hydrogens (tertiary/aromatic N) is 4. The number of methoxy groups -OCH3 is 1. The van der Waals surface area contributed by atoms with E-state index in [-0.39, 0.29) is 16.8 Å². The van der Waals surface area contributed by atoms with Crippen LogP contribution in [-0.2, 0) is 10.5 Å². The molecule has 1 aliphatic heterocycles. The molecular weight excluding hydrogens is 420 g/mol. The monoisotopic (exact) mass is 437 g/mol. The molecule has 0 atom stereocenters. The first-order valence-electron chi connectivity index (χ1n) is 8.41. The van der Waals surface area contributed by atoms with Crippen molar-refractivity contribution in [2.45, 2.75) is 24.3 Å². The largest absolute Gasteiger partial charge is 0.496 e. The van der Waals surface area contributed by atoms with Gasteiger partial charge in [-0.05, 0) is 36.8 Å². The summed E-state index contributed by atoms with van der Waals surface area (Å²) in [6, 6.07) is 6.74. The number of aromatic nitrogens is 2. The van der Waals surface area contributed by atoms with Crippen LogP contribution in [0, 0.1) is 6.92 Å². The summed E-state index contributed by atoms with van der Waals surface area (Å²) >= 11 is 2.53. The minimum atomic E-state index is -2.64. The van der Waals surface area contributed by atoms with Crippen LogP contribution in [0.5, 0.6) is 5.75 Å². The maximum atomic E-state index is 12.9. The van der Waals surface area contributed by atoms with Gasteiger partial charge in [0.2, 0.25) is 5.91 Å². The molecule has 0 saturated carbocycles. The Morgan fingerprint density at radius 2 is 2.21 bits per heavy atom. The number of amidine groups is 1. The van der Waals surface area contributed by atoms with Gasteiger partial charge < -0.3 is 10.1 Å². The number of carbonyl (C=O) groups is 1. The lowest BCUT2D eigenvalue weighted by atomic mass is 10.1. The van der Waals surface area contributed by atoms with Crippen molar-refractivity contribution in [2.24, 2.45) is 10.2 Å². The SMILES string of the molecule is COc1ccc(C=NN=C2NC(=O)CS2)cc1CSc1nc(C)cc(C(F)F)n1. The number of carbonyl (C=O) groups excluding carboxylic acids is 1. The number of hydrogen-bond acceptors (Lipinski definition) is 8. The van der Waals surface area contributed by atoms with Crippen molar-refractivity contribution < 1.29 is 18.3 Å². The van der Waals surface area contributed by atoms with Crippen molar-refractivity contribution in [3.63, 3.8) is 0 Å². The third-order valence-corrected chi connectivity index (χ3v) is 5.44. The van der Waals surface area contributed by atoms with Crippen LogP contribution in [0.4, 0.5) is 8.78 Å². The predicted molar refractivity (Wildman–Crippen MR) is 110 cm³/mol. The molecule has 2 aromatic rings. The molecule has 1 fully saturated rings. The third-order valence-electron chi connectivity index (χ3n) is 3.68. The zero-order valence-corrected chi connectivity index (χ0v) is 17.2. The minimum Gasteiger partial charge on any atom is -0.496 e. The van der Waals surface area contributed by atoms with Gasteiger partial charge in [0.15, 0.2) is 10.3 Å². The van der Waals surface area contributed by atoms with E-state index in [9.17, 15) is 13.6 Å². The van der Waals surface area contributed by atoms with Crippen LogP contribution in [0.2, 0.25) is 0 Å². The average molecular weight is 437 g/mol. The standard InChI is InChI=1S/C18H17F2N5O2S2/c1-10-5-13(16(19)20)23-17(22-10)28-8-12-6-11(3-4-14(12)27-2)7-21-25-18-24-15(26)9-29-18/h3-7,16H,8-9H2,1-2H3,(H,24,25,26). The van der Waals surface area contributed by atoms with Gasteiger partial charge >= 0.3 is 0 Å². The first-order valence-corrected chi connectivity index (χ1v) is 10.4. The molecule has 1 aromatic heterocycles. The molecule has 29 heavy (non-hydrogen) atoms. The molecule has 152 valence electrons. The van der Waals surface area contributed by atoms with Gasteiger partial charge in [0.05, 0.1) is 19.1 Å². The summed E-state index contributed by atoms with van der Waals surface area (Å²) < 4.78 is 31.3. The van der Waals surface area contributed by atoms with E-state index in [1.54, 1.807) is 26.3 Å². The zero-order valence-electron chi connectivity index (χ0n) is 15.6. The van der Waals surface area contributed by atoms with Gasteiger partial charge in [-0.25, -0.2) is 18.7 Å². The van der Waals surface area contributed by atoms with Crippen molar-refractivity contribution >= 4 is 40.8 Å². The first-order chi connectivity index (χ1) is 13.9. The van der Waals surface area contributed by atoms with Crippen molar-refractivity contribution in [1.29, 1.82) is 0 Å². The minimum absolute atomic E-state index is 0.0962. The summed E-state index contributed by atoms with van der Waals surface area (Å²) in [6.07, 6.45) is -1.08. The lowest BCUT2D eigenvalue weighted by Crippen LogP contribution is -2.19. The van der Waals surface area contributed by atoms with E-state index in [0.717, 1.165) is 11.1 Å². The predicted octanol–water partition coefficient (Wildman–Crippen LogP) is 3.58. The number of nitrogens with one attached hydrogen (secondary N) is 1. The van der Waals surface area contributed by atoms with Crippen LogP contribution in [0.1, 0.15) is 28.9 Å². The highest BCUT2D eigenvalue weighted by molar-refractivity contribution is 8.15. The molecule has 2 heterocycles. The van der Waals surface area contributed by atoms with E-state index >= 15 is 0 Å². The molecule has 1 aromatic carbocycles. The fraction of sp³-hybridized carbons (Fsp3) is 0.278. The Kier molecular flexibility index (Phi) is 7.15. The van der Waals surface area contributed by atoms with Gasteiger partial charge in [-0.1, -0.05) is 23.5 Å². The van der Waals surface area contributed by atoms with E-state index in [1.807, 2.05) is 12.1 Å². The van der Waals surface area contributed by atoms with Gasteiger partial charge in [-0.2, -0.15) is 5.10 Å². The second kappa shape index (κ2) is 9.79. The van der Waals surface area contributed by atoms with E-state index in [4.69, 9.17) is 4.74 Å². The first kappa shape index (κ1) is 21.2. The second-order valence-corrected chi connectivity index (χ2v) is 7.77. The highest BCUT2D eigenvalue weighted by Gasteiger charge is 2.16. The lowest BCUT2D eigenvalue weighted by molar-refractivity contribution is -0.116. The van der Waals surface area contributed by atoms with Crippen LogP contribution in [0.25, 0.3) is 0 Å². The number of benzene rings is 1. The summed E-state index contributed by atoms with van der Waals surface area (Å²) in [5, 5.41) is 11.3. The molecule has 0 radical (unpaired) electrons. The van der Waals surface area contributed by atoms with E-state index < -0.39 is 6.43 Å². The highest BCUT2D eigenvalue weighted by Crippen LogP contribution is 2.28. The second-order valence-electron chi connectivity index (χ2n) is 5.86. The van der Waals surface area contributed by atoms with E-state index in [2.05, 4.69) is 25.5 Å². The van der Waals surface area contributed by atoms with Crippen molar-refractivity contribution in [1.82, 2.24) is 15.3 Å². The Morgan fingerprint density at radius 3 is 2.90 bits per heavy atom. The zero-order chi connectivity index (χ0) is 20.8. The molecule has 1 saturated heterocycles. The molecular formula is C18H17F2N5O2S2. The van der Waals surface area contributed by atoms with Crippen LogP contribution in [-0.4, -0.2) is 40.1 Å². The van der Waals surface area contributed by atoms with Gasteiger partial charge in [0.25, 0.3) is 6.43 Å². The van der Waals surface area contributed by atoms with E-state index in [0.29, 0.717) is 28.1 Å². The van der Waals surface area contributed by atoms with Crippen LogP contribution < -0.4 is 10.1 Å². The molecule has 11 heteroatoms. The molecule has 1 aliphatic rings. The van der Waals surface area contributed by atoms with Gasteiger partial charge in [0.1, 0.15) is 11.4 Å². The summed E-state index contributed by atoms with van der Waals surface area (Å²) in [5.74, 6) is 1.33. The molecule has 7 nitrogen and oxygen atoms in total.